The molecule has 0 bridgehead atoms. The minimum absolute atomic E-state index is 0.193. The number of carbonyl (C=O) groups excluding carboxylic acids is 1. The van der Waals surface area contributed by atoms with Crippen LogP contribution in [0.2, 0.25) is 5.02 Å². The number of rotatable bonds is 7. The van der Waals surface area contributed by atoms with Crippen LogP contribution in [0.4, 0.5) is 17.1 Å². The summed E-state index contributed by atoms with van der Waals surface area (Å²) in [6.07, 6.45) is 0. The summed E-state index contributed by atoms with van der Waals surface area (Å²) in [4.78, 5) is 22.9. The molecule has 0 heterocycles. The molecular weight excluding hydrogens is 534 g/mol. The van der Waals surface area contributed by atoms with Crippen molar-refractivity contribution in [2.45, 2.75) is 18.7 Å². The molecule has 0 atom stereocenters. The van der Waals surface area contributed by atoms with Crippen LogP contribution in [0, 0.1) is 24.0 Å². The first-order valence-electron chi connectivity index (χ1n) is 9.58. The Morgan fingerprint density at radius 1 is 1.06 bits per heavy atom. The van der Waals surface area contributed by atoms with Crippen molar-refractivity contribution in [3.63, 3.8) is 0 Å². The second-order valence-electron chi connectivity index (χ2n) is 7.21. The number of sulfonamides is 1. The van der Waals surface area contributed by atoms with E-state index in [1.807, 2.05) is 19.9 Å². The number of nitrogens with zero attached hydrogens (tertiary/aromatic N) is 2. The summed E-state index contributed by atoms with van der Waals surface area (Å²) in [6.45, 7) is 3.29. The fourth-order valence-electron chi connectivity index (χ4n) is 2.99. The number of nitro benzene ring substituents is 1. The number of hydrogen-bond donors (Lipinski definition) is 1. The van der Waals surface area contributed by atoms with Crippen molar-refractivity contribution in [3.05, 3.63) is 91.4 Å². The summed E-state index contributed by atoms with van der Waals surface area (Å²) in [5, 5.41) is 13.8. The summed E-state index contributed by atoms with van der Waals surface area (Å²) in [6, 6.07) is 14.8. The number of nitro groups is 1. The molecular formula is C22H19BrClN3O5S. The zero-order valence-corrected chi connectivity index (χ0v) is 20.7. The van der Waals surface area contributed by atoms with Gasteiger partial charge in [0.2, 0.25) is 5.91 Å². The van der Waals surface area contributed by atoms with Crippen LogP contribution in [-0.4, -0.2) is 25.8 Å². The van der Waals surface area contributed by atoms with Gasteiger partial charge < -0.3 is 5.32 Å². The molecule has 0 saturated heterocycles. The minimum Gasteiger partial charge on any atom is -0.325 e. The molecule has 3 aromatic rings. The highest BCUT2D eigenvalue weighted by Gasteiger charge is 2.29. The van der Waals surface area contributed by atoms with Crippen LogP contribution in [0.1, 0.15) is 11.1 Å². The summed E-state index contributed by atoms with van der Waals surface area (Å²) in [7, 11) is -4.35. The molecule has 0 aliphatic heterocycles. The van der Waals surface area contributed by atoms with E-state index in [1.54, 1.807) is 24.3 Å². The maximum absolute atomic E-state index is 13.5. The van der Waals surface area contributed by atoms with Crippen molar-refractivity contribution in [1.29, 1.82) is 0 Å². The van der Waals surface area contributed by atoms with Crippen molar-refractivity contribution < 1.29 is 18.1 Å². The molecule has 33 heavy (non-hydrogen) atoms. The molecule has 11 heteroatoms. The smallest absolute Gasteiger partial charge is 0.289 e. The van der Waals surface area contributed by atoms with Crippen LogP contribution >= 0.6 is 27.5 Å². The Labute approximate surface area is 204 Å². The Morgan fingerprint density at radius 2 is 1.73 bits per heavy atom. The van der Waals surface area contributed by atoms with E-state index in [1.165, 1.54) is 12.1 Å². The summed E-state index contributed by atoms with van der Waals surface area (Å²) >= 11 is 9.13. The highest BCUT2D eigenvalue weighted by Crippen LogP contribution is 2.31. The van der Waals surface area contributed by atoms with Crippen molar-refractivity contribution in [3.8, 4) is 0 Å². The topological polar surface area (TPSA) is 110 Å². The fourth-order valence-corrected chi connectivity index (χ4v) is 4.89. The van der Waals surface area contributed by atoms with Crippen LogP contribution < -0.4 is 9.62 Å². The highest BCUT2D eigenvalue weighted by atomic mass is 79.9. The maximum Gasteiger partial charge on any atom is 0.289 e. The van der Waals surface area contributed by atoms with E-state index in [4.69, 9.17) is 11.6 Å². The van der Waals surface area contributed by atoms with E-state index in [9.17, 15) is 23.3 Å². The van der Waals surface area contributed by atoms with Gasteiger partial charge in [0.25, 0.3) is 15.7 Å². The van der Waals surface area contributed by atoms with Crippen molar-refractivity contribution >= 4 is 60.5 Å². The van der Waals surface area contributed by atoms with Crippen molar-refractivity contribution in [2.75, 3.05) is 16.2 Å². The largest absolute Gasteiger partial charge is 0.325 e. The number of nitrogens with one attached hydrogen (secondary N) is 1. The van der Waals surface area contributed by atoms with Crippen molar-refractivity contribution in [2.24, 2.45) is 0 Å². The number of hydrogen-bond acceptors (Lipinski definition) is 5. The van der Waals surface area contributed by atoms with Gasteiger partial charge in [-0.25, -0.2) is 8.42 Å². The Morgan fingerprint density at radius 3 is 2.33 bits per heavy atom. The van der Waals surface area contributed by atoms with Crippen LogP contribution in [-0.2, 0) is 14.8 Å². The lowest BCUT2D eigenvalue weighted by molar-refractivity contribution is -0.384. The molecule has 0 radical (unpaired) electrons. The quantitative estimate of drug-likeness (QED) is 0.309. The third-order valence-corrected chi connectivity index (χ3v) is 7.51. The van der Waals surface area contributed by atoms with Gasteiger partial charge in [-0.15, -0.1) is 0 Å². The number of anilines is 2. The second-order valence-corrected chi connectivity index (χ2v) is 10.4. The Hall–Kier alpha value is -2.95. The Bertz CT molecular complexity index is 1330. The number of benzene rings is 3. The molecule has 3 rings (SSSR count). The number of halogens is 2. The molecule has 0 saturated carbocycles. The highest BCUT2D eigenvalue weighted by molar-refractivity contribution is 9.10. The lowest BCUT2D eigenvalue weighted by Gasteiger charge is -2.24. The molecule has 0 unspecified atom stereocenters. The van der Waals surface area contributed by atoms with Crippen LogP contribution in [0.3, 0.4) is 0 Å². The minimum atomic E-state index is -4.35. The van der Waals surface area contributed by atoms with Gasteiger partial charge in [0, 0.05) is 16.2 Å². The molecule has 0 aromatic heterocycles. The zero-order valence-electron chi connectivity index (χ0n) is 17.6. The van der Waals surface area contributed by atoms with E-state index in [0.717, 1.165) is 33.6 Å². The lowest BCUT2D eigenvalue weighted by Crippen LogP contribution is -2.38. The third-order valence-electron chi connectivity index (χ3n) is 4.89. The van der Waals surface area contributed by atoms with Crippen LogP contribution in [0.5, 0.6) is 0 Å². The van der Waals surface area contributed by atoms with E-state index < -0.39 is 33.1 Å². The van der Waals surface area contributed by atoms with Gasteiger partial charge in [-0.3, -0.25) is 19.2 Å². The van der Waals surface area contributed by atoms with Gasteiger partial charge in [-0.1, -0.05) is 33.6 Å². The molecule has 0 aliphatic rings. The predicted octanol–water partition coefficient (Wildman–Crippen LogP) is 5.46. The predicted molar refractivity (Wildman–Crippen MR) is 131 cm³/mol. The van der Waals surface area contributed by atoms with Crippen LogP contribution in [0.25, 0.3) is 0 Å². The molecule has 8 nitrogen and oxygen atoms in total. The summed E-state index contributed by atoms with van der Waals surface area (Å²) < 4.78 is 28.5. The number of amides is 1. The molecule has 0 fully saturated rings. The maximum atomic E-state index is 13.5. The molecule has 3 aromatic carbocycles. The van der Waals surface area contributed by atoms with E-state index in [-0.39, 0.29) is 15.6 Å². The molecule has 172 valence electrons. The van der Waals surface area contributed by atoms with Crippen LogP contribution in [0.15, 0.2) is 70.0 Å². The van der Waals surface area contributed by atoms with E-state index >= 15 is 0 Å². The average molecular weight is 553 g/mol. The Kier molecular flexibility index (Phi) is 7.41. The normalized spacial score (nSPS) is 11.2. The average Bonchev–Trinajstić information content (AvgIpc) is 2.75. The molecule has 0 spiro atoms. The first-order chi connectivity index (χ1) is 15.5. The number of carbonyl (C=O) groups is 1. The standard InChI is InChI=1S/C22H19BrClN3O5S/c1-14-3-6-17(11-15(14)2)25-22(28)13-26(18-7-4-16(23)5-8-18)33(31,32)19-9-10-20(24)21(12-19)27(29)30/h3-12H,13H2,1-2H3,(H,25,28). The monoisotopic (exact) mass is 551 g/mol. The van der Waals surface area contributed by atoms with Gasteiger partial charge in [0.15, 0.2) is 0 Å². The van der Waals surface area contributed by atoms with Gasteiger partial charge in [0.05, 0.1) is 15.5 Å². The fraction of sp³-hybridized carbons (Fsp3) is 0.136. The third kappa shape index (κ3) is 5.70. The molecule has 0 aliphatic carbocycles. The zero-order chi connectivity index (χ0) is 24.3. The first-order valence-corrected chi connectivity index (χ1v) is 12.2. The van der Waals surface area contributed by atoms with E-state index in [0.29, 0.717) is 10.2 Å². The second kappa shape index (κ2) is 9.90. The van der Waals surface area contributed by atoms with Gasteiger partial charge >= 0.3 is 0 Å². The summed E-state index contributed by atoms with van der Waals surface area (Å²) in [5.41, 5.74) is 2.22. The SMILES string of the molecule is Cc1ccc(NC(=O)CN(c2ccc(Br)cc2)S(=O)(=O)c2ccc(Cl)c([N+](=O)[O-])c2)cc1C. The van der Waals surface area contributed by atoms with Gasteiger partial charge in [0.1, 0.15) is 11.6 Å². The number of aryl methyl sites for hydroxylation is 2. The molecule has 1 amide bonds. The Balaban J connectivity index is 2.00. The van der Waals surface area contributed by atoms with Gasteiger partial charge in [-0.05, 0) is 73.5 Å². The van der Waals surface area contributed by atoms with Crippen molar-refractivity contribution in [1.82, 2.24) is 0 Å². The van der Waals surface area contributed by atoms with E-state index in [2.05, 4.69) is 21.2 Å². The van der Waals surface area contributed by atoms with Gasteiger partial charge in [-0.2, -0.15) is 0 Å². The molecule has 1 N–H and O–H groups in total. The lowest BCUT2D eigenvalue weighted by atomic mass is 10.1. The first kappa shape index (κ1) is 24.7. The summed E-state index contributed by atoms with van der Waals surface area (Å²) in [5.74, 6) is -0.576.